The summed E-state index contributed by atoms with van der Waals surface area (Å²) in [6.07, 6.45) is 1.46. The summed E-state index contributed by atoms with van der Waals surface area (Å²) in [5.41, 5.74) is 0.00778. The van der Waals surface area contributed by atoms with E-state index in [1.54, 1.807) is 6.07 Å². The number of amides is 1. The van der Waals surface area contributed by atoms with Gasteiger partial charge < -0.3 is 14.8 Å². The van der Waals surface area contributed by atoms with E-state index < -0.39 is 10.8 Å². The molecule has 116 valence electrons. The molecule has 0 unspecified atom stereocenters. The molecule has 1 aliphatic rings. The Morgan fingerprint density at radius 1 is 1.35 bits per heavy atom. The molecule has 0 spiro atoms. The van der Waals surface area contributed by atoms with Crippen LogP contribution in [0.4, 0.5) is 5.69 Å². The molecule has 1 aliphatic heterocycles. The van der Waals surface area contributed by atoms with Crippen molar-refractivity contribution in [3.05, 3.63) is 51.1 Å². The first-order chi connectivity index (χ1) is 10.9. The van der Waals surface area contributed by atoms with E-state index >= 15 is 0 Å². The zero-order valence-corrected chi connectivity index (χ0v) is 12.2. The molecule has 0 bridgehead atoms. The van der Waals surface area contributed by atoms with Crippen molar-refractivity contribution in [3.63, 3.8) is 0 Å². The Hall–Kier alpha value is -3.07. The molecule has 3 rings (SSSR count). The Kier molecular flexibility index (Phi) is 3.62. The van der Waals surface area contributed by atoms with Crippen LogP contribution in [-0.2, 0) is 4.79 Å². The summed E-state index contributed by atoms with van der Waals surface area (Å²) in [7, 11) is 0. The molecule has 2 aromatic rings. The maximum Gasteiger partial charge on any atom is 0.270 e. The predicted molar refractivity (Wildman–Crippen MR) is 83.9 cm³/mol. The highest BCUT2D eigenvalue weighted by Gasteiger charge is 2.23. The van der Waals surface area contributed by atoms with Crippen LogP contribution in [0.1, 0.15) is 5.76 Å². The first-order valence-corrected chi connectivity index (χ1v) is 7.13. The van der Waals surface area contributed by atoms with Crippen molar-refractivity contribution in [1.82, 2.24) is 5.32 Å². The Bertz CT molecular complexity index is 871. The van der Waals surface area contributed by atoms with E-state index in [-0.39, 0.29) is 27.9 Å². The van der Waals surface area contributed by atoms with Crippen molar-refractivity contribution in [2.45, 2.75) is 0 Å². The molecule has 0 saturated carbocycles. The standard InChI is InChI=1S/C14H9N3O5S/c15-14-16-13(19)12(23-14)6-8-2-4-11(22-8)9-5-7(17(20)21)1-3-10(9)18/h1-6,18H,(H2,15,16,19). The van der Waals surface area contributed by atoms with Gasteiger partial charge in [-0.25, -0.2) is 0 Å². The van der Waals surface area contributed by atoms with E-state index in [4.69, 9.17) is 9.83 Å². The molecule has 1 saturated heterocycles. The summed E-state index contributed by atoms with van der Waals surface area (Å²) < 4.78 is 5.51. The maximum absolute atomic E-state index is 11.5. The van der Waals surface area contributed by atoms with Crippen molar-refractivity contribution in [2.75, 3.05) is 0 Å². The minimum absolute atomic E-state index is 0.0318. The van der Waals surface area contributed by atoms with E-state index in [2.05, 4.69) is 5.32 Å². The third kappa shape index (κ3) is 2.94. The number of hydrogen-bond acceptors (Lipinski definition) is 7. The number of phenols is 1. The number of carbonyl (C=O) groups is 1. The molecule has 0 radical (unpaired) electrons. The smallest absolute Gasteiger partial charge is 0.270 e. The second-order valence-corrected chi connectivity index (χ2v) is 5.61. The van der Waals surface area contributed by atoms with Crippen LogP contribution in [0.2, 0.25) is 0 Å². The average Bonchev–Trinajstić information content (AvgIpc) is 3.06. The highest BCUT2D eigenvalue weighted by molar-refractivity contribution is 8.18. The molecule has 8 nitrogen and oxygen atoms in total. The number of phenolic OH excluding ortho intramolecular Hbond substituents is 1. The van der Waals surface area contributed by atoms with Gasteiger partial charge in [-0.2, -0.15) is 0 Å². The van der Waals surface area contributed by atoms with Gasteiger partial charge in [0.2, 0.25) is 0 Å². The number of rotatable bonds is 3. The minimum atomic E-state index is -0.570. The van der Waals surface area contributed by atoms with Crippen molar-refractivity contribution < 1.29 is 19.2 Å². The van der Waals surface area contributed by atoms with Crippen LogP contribution in [0.15, 0.2) is 39.7 Å². The fourth-order valence-electron chi connectivity index (χ4n) is 1.98. The number of nitrogens with zero attached hydrogens (tertiary/aromatic N) is 1. The summed E-state index contributed by atoms with van der Waals surface area (Å²) >= 11 is 0.968. The quantitative estimate of drug-likeness (QED) is 0.450. The number of non-ortho nitro benzene ring substituents is 1. The van der Waals surface area contributed by atoms with Gasteiger partial charge in [0.15, 0.2) is 5.17 Å². The number of furan rings is 1. The molecule has 1 aromatic carbocycles. The number of amidine groups is 1. The van der Waals surface area contributed by atoms with Crippen molar-refractivity contribution in [2.24, 2.45) is 0 Å². The van der Waals surface area contributed by atoms with Gasteiger partial charge in [0, 0.05) is 18.2 Å². The first kappa shape index (κ1) is 14.9. The van der Waals surface area contributed by atoms with E-state index in [9.17, 15) is 20.0 Å². The lowest BCUT2D eigenvalue weighted by molar-refractivity contribution is -0.384. The average molecular weight is 331 g/mol. The number of aromatic hydroxyl groups is 1. The molecule has 1 aromatic heterocycles. The van der Waals surface area contributed by atoms with Crippen LogP contribution in [0.5, 0.6) is 5.75 Å². The van der Waals surface area contributed by atoms with Crippen LogP contribution in [-0.4, -0.2) is 21.1 Å². The number of nitro groups is 1. The molecular formula is C14H9N3O5S. The molecule has 1 fully saturated rings. The fourth-order valence-corrected chi connectivity index (χ4v) is 2.66. The normalized spacial score (nSPS) is 15.9. The first-order valence-electron chi connectivity index (χ1n) is 6.31. The van der Waals surface area contributed by atoms with Crippen LogP contribution in [0.25, 0.3) is 17.4 Å². The van der Waals surface area contributed by atoms with Crippen molar-refractivity contribution >= 4 is 34.6 Å². The Balaban J connectivity index is 1.95. The molecule has 1 amide bonds. The van der Waals surface area contributed by atoms with Gasteiger partial charge in [-0.15, -0.1) is 0 Å². The number of nitrogens with one attached hydrogen (secondary N) is 2. The van der Waals surface area contributed by atoms with Gasteiger partial charge >= 0.3 is 0 Å². The van der Waals surface area contributed by atoms with Gasteiger partial charge in [-0.3, -0.25) is 20.3 Å². The summed E-state index contributed by atoms with van der Waals surface area (Å²) in [5, 5.41) is 30.4. The number of carbonyl (C=O) groups excluding carboxylic acids is 1. The van der Waals surface area contributed by atoms with E-state index in [1.165, 1.54) is 30.3 Å². The minimum Gasteiger partial charge on any atom is -0.507 e. The van der Waals surface area contributed by atoms with Crippen molar-refractivity contribution in [1.29, 1.82) is 5.41 Å². The lowest BCUT2D eigenvalue weighted by Crippen LogP contribution is -2.18. The number of thioether (sulfide) groups is 1. The fraction of sp³-hybridized carbons (Fsp3) is 0. The van der Waals surface area contributed by atoms with Crippen LogP contribution >= 0.6 is 11.8 Å². The highest BCUT2D eigenvalue weighted by Crippen LogP contribution is 2.34. The summed E-state index contributed by atoms with van der Waals surface area (Å²) in [6.45, 7) is 0. The van der Waals surface area contributed by atoms with E-state index in [0.717, 1.165) is 11.8 Å². The number of benzene rings is 1. The molecular weight excluding hydrogens is 322 g/mol. The predicted octanol–water partition coefficient (Wildman–Crippen LogP) is 2.70. The van der Waals surface area contributed by atoms with Gasteiger partial charge in [-0.1, -0.05) is 0 Å². The molecule has 3 N–H and O–H groups in total. The molecule has 2 heterocycles. The molecule has 23 heavy (non-hydrogen) atoms. The zero-order valence-electron chi connectivity index (χ0n) is 11.4. The summed E-state index contributed by atoms with van der Waals surface area (Å²) in [5.74, 6) is 0.0184. The zero-order chi connectivity index (χ0) is 16.6. The molecule has 0 atom stereocenters. The van der Waals surface area contributed by atoms with Gasteiger partial charge in [0.25, 0.3) is 11.6 Å². The SMILES string of the molecule is N=C1NC(=O)C(=Cc2ccc(-c3cc([N+](=O)[O-])ccc3O)o2)S1. The van der Waals surface area contributed by atoms with E-state index in [1.807, 2.05) is 0 Å². The van der Waals surface area contributed by atoms with Crippen LogP contribution in [0.3, 0.4) is 0 Å². The Morgan fingerprint density at radius 2 is 2.13 bits per heavy atom. The number of nitro benzene ring substituents is 1. The molecule has 9 heteroatoms. The third-order valence-electron chi connectivity index (χ3n) is 3.02. The second-order valence-electron chi connectivity index (χ2n) is 4.55. The lowest BCUT2D eigenvalue weighted by atomic mass is 10.1. The largest absolute Gasteiger partial charge is 0.507 e. The third-order valence-corrected chi connectivity index (χ3v) is 3.85. The maximum atomic E-state index is 11.5. The highest BCUT2D eigenvalue weighted by atomic mass is 32.2. The summed E-state index contributed by atoms with van der Waals surface area (Å²) in [4.78, 5) is 22.1. The van der Waals surface area contributed by atoms with Crippen LogP contribution in [0, 0.1) is 15.5 Å². The topological polar surface area (TPSA) is 129 Å². The van der Waals surface area contributed by atoms with Gasteiger partial charge in [0.1, 0.15) is 17.3 Å². The number of hydrogen-bond donors (Lipinski definition) is 3. The Morgan fingerprint density at radius 3 is 2.78 bits per heavy atom. The summed E-state index contributed by atoms with van der Waals surface area (Å²) in [6, 6.07) is 6.72. The van der Waals surface area contributed by atoms with Gasteiger partial charge in [-0.05, 0) is 30.0 Å². The van der Waals surface area contributed by atoms with E-state index in [0.29, 0.717) is 10.7 Å². The van der Waals surface area contributed by atoms with Crippen LogP contribution < -0.4 is 5.32 Å². The van der Waals surface area contributed by atoms with Gasteiger partial charge in [0.05, 0.1) is 15.4 Å². The monoisotopic (exact) mass is 331 g/mol. The second kappa shape index (κ2) is 5.61. The van der Waals surface area contributed by atoms with Crippen molar-refractivity contribution in [3.8, 4) is 17.1 Å². The lowest BCUT2D eigenvalue weighted by Gasteiger charge is -2.01. The Labute approximate surface area is 133 Å². The molecule has 0 aliphatic carbocycles.